The molecule has 0 spiro atoms. The fourth-order valence-electron chi connectivity index (χ4n) is 1.55. The summed E-state index contributed by atoms with van der Waals surface area (Å²) in [6.45, 7) is 4.03. The quantitative estimate of drug-likeness (QED) is 0.430. The number of alkyl halides is 2. The van der Waals surface area contributed by atoms with Crippen molar-refractivity contribution in [2.45, 2.75) is 38.3 Å². The fraction of sp³-hybridized carbons (Fsp3) is 0.462. The van der Waals surface area contributed by atoms with E-state index in [9.17, 15) is 8.78 Å². The van der Waals surface area contributed by atoms with Crippen molar-refractivity contribution in [2.24, 2.45) is 5.10 Å². The lowest BCUT2D eigenvalue weighted by Gasteiger charge is -2.03. The van der Waals surface area contributed by atoms with Gasteiger partial charge in [0.15, 0.2) is 0 Å². The molecule has 21 heavy (non-hydrogen) atoms. The molecule has 0 saturated carbocycles. The van der Waals surface area contributed by atoms with Crippen LogP contribution in [0.4, 0.5) is 8.78 Å². The van der Waals surface area contributed by atoms with Crippen LogP contribution in [0.5, 0.6) is 0 Å². The van der Waals surface area contributed by atoms with Crippen LogP contribution >= 0.6 is 23.1 Å². The van der Waals surface area contributed by atoms with Crippen molar-refractivity contribution in [3.05, 3.63) is 27.7 Å². The normalized spacial score (nSPS) is 11.9. The van der Waals surface area contributed by atoms with Crippen molar-refractivity contribution in [3.8, 4) is 0 Å². The largest absolute Gasteiger partial charge is 0.299 e. The van der Waals surface area contributed by atoms with Crippen molar-refractivity contribution in [2.75, 3.05) is 5.75 Å². The van der Waals surface area contributed by atoms with Gasteiger partial charge in [-0.15, -0.1) is 21.5 Å². The molecule has 0 fully saturated rings. The van der Waals surface area contributed by atoms with E-state index < -0.39 is 12.2 Å². The minimum absolute atomic E-state index is 0.407. The summed E-state index contributed by atoms with van der Waals surface area (Å²) in [5.74, 6) is 0.394. The molecule has 2 aromatic rings. The third-order valence-corrected chi connectivity index (χ3v) is 4.71. The van der Waals surface area contributed by atoms with Gasteiger partial charge in [0, 0.05) is 5.75 Å². The van der Waals surface area contributed by atoms with Gasteiger partial charge in [-0.2, -0.15) is 9.78 Å². The molecule has 0 aliphatic heterocycles. The Morgan fingerprint density at radius 3 is 2.90 bits per heavy atom. The maximum atomic E-state index is 13.0. The summed E-state index contributed by atoms with van der Waals surface area (Å²) in [5, 5.41) is 13.9. The molecule has 0 aromatic carbocycles. The van der Waals surface area contributed by atoms with E-state index >= 15 is 0 Å². The van der Waals surface area contributed by atoms with Crippen molar-refractivity contribution < 1.29 is 8.78 Å². The lowest BCUT2D eigenvalue weighted by molar-refractivity contribution is 0.135. The van der Waals surface area contributed by atoms with E-state index in [2.05, 4.69) is 22.2 Å². The standard InChI is InChI=1S/C13H16F2N4S2/c1-3-4-6-21-13-18-17-12(11(14)15)19(13)16-8-10-9(2)5-7-20-10/h5,7-8,11H,3-4,6H2,1-2H3/b16-8+. The number of aryl methyl sites for hydroxylation is 1. The summed E-state index contributed by atoms with van der Waals surface area (Å²) in [6, 6.07) is 1.96. The van der Waals surface area contributed by atoms with E-state index in [0.717, 1.165) is 33.7 Å². The highest BCUT2D eigenvalue weighted by Gasteiger charge is 2.20. The Balaban J connectivity index is 2.24. The molecule has 0 atom stereocenters. The van der Waals surface area contributed by atoms with Gasteiger partial charge in [-0.25, -0.2) is 8.78 Å². The Hall–Kier alpha value is -1.28. The lowest BCUT2D eigenvalue weighted by atomic mass is 10.3. The number of halogens is 2. The van der Waals surface area contributed by atoms with Crippen LogP contribution in [0.2, 0.25) is 0 Å². The summed E-state index contributed by atoms with van der Waals surface area (Å²) in [4.78, 5) is 0.938. The first-order chi connectivity index (χ1) is 10.1. The smallest absolute Gasteiger partial charge is 0.201 e. The number of unbranched alkanes of at least 4 members (excludes halogenated alkanes) is 1. The Kier molecular flexibility index (Phi) is 5.86. The molecule has 0 aliphatic rings. The SMILES string of the molecule is CCCCSc1nnc(C(F)F)n1/N=C/c1sccc1C. The monoisotopic (exact) mass is 330 g/mol. The highest BCUT2D eigenvalue weighted by molar-refractivity contribution is 7.99. The molecule has 114 valence electrons. The van der Waals surface area contributed by atoms with Gasteiger partial charge in [-0.3, -0.25) is 0 Å². The maximum absolute atomic E-state index is 13.0. The zero-order chi connectivity index (χ0) is 15.2. The summed E-state index contributed by atoms with van der Waals surface area (Å²) >= 11 is 2.91. The number of aromatic nitrogens is 3. The Morgan fingerprint density at radius 1 is 1.48 bits per heavy atom. The van der Waals surface area contributed by atoms with Gasteiger partial charge in [0.1, 0.15) is 0 Å². The minimum atomic E-state index is -2.69. The van der Waals surface area contributed by atoms with Crippen LogP contribution in [-0.4, -0.2) is 26.8 Å². The molecule has 0 amide bonds. The van der Waals surface area contributed by atoms with Crippen LogP contribution in [0.1, 0.15) is 42.5 Å². The van der Waals surface area contributed by atoms with Crippen molar-refractivity contribution >= 4 is 29.3 Å². The van der Waals surface area contributed by atoms with Crippen LogP contribution in [-0.2, 0) is 0 Å². The topological polar surface area (TPSA) is 43.1 Å². The van der Waals surface area contributed by atoms with Gasteiger partial charge in [0.2, 0.25) is 11.0 Å². The number of hydrogen-bond acceptors (Lipinski definition) is 5. The third-order valence-electron chi connectivity index (χ3n) is 2.75. The highest BCUT2D eigenvalue weighted by Crippen LogP contribution is 2.24. The van der Waals surface area contributed by atoms with Crippen molar-refractivity contribution in [1.29, 1.82) is 0 Å². The van der Waals surface area contributed by atoms with Gasteiger partial charge in [-0.1, -0.05) is 25.1 Å². The van der Waals surface area contributed by atoms with Crippen molar-refractivity contribution in [3.63, 3.8) is 0 Å². The molecule has 0 saturated heterocycles. The first kappa shape index (κ1) is 16.1. The van der Waals surface area contributed by atoms with Gasteiger partial charge < -0.3 is 0 Å². The number of thiophene rings is 1. The molecule has 2 aromatic heterocycles. The minimum Gasteiger partial charge on any atom is -0.201 e. The second-order valence-electron chi connectivity index (χ2n) is 4.37. The molecule has 0 radical (unpaired) electrons. The van der Waals surface area contributed by atoms with E-state index in [0.29, 0.717) is 5.16 Å². The molecule has 0 N–H and O–H groups in total. The summed E-state index contributed by atoms with van der Waals surface area (Å²) < 4.78 is 27.1. The molecule has 4 nitrogen and oxygen atoms in total. The molecule has 0 bridgehead atoms. The second kappa shape index (κ2) is 7.65. The molecular formula is C13H16F2N4S2. The number of thioether (sulfide) groups is 1. The van der Waals surface area contributed by atoms with Gasteiger partial charge in [0.05, 0.1) is 11.1 Å². The van der Waals surface area contributed by atoms with Gasteiger partial charge in [0.25, 0.3) is 6.43 Å². The summed E-state index contributed by atoms with van der Waals surface area (Å²) in [7, 11) is 0. The van der Waals surface area contributed by atoms with Crippen LogP contribution in [0.3, 0.4) is 0 Å². The fourth-order valence-corrected chi connectivity index (χ4v) is 3.30. The Morgan fingerprint density at radius 2 is 2.29 bits per heavy atom. The first-order valence-corrected chi connectivity index (χ1v) is 8.44. The third kappa shape index (κ3) is 4.10. The second-order valence-corrected chi connectivity index (χ2v) is 6.38. The molecule has 8 heteroatoms. The average Bonchev–Trinajstić information content (AvgIpc) is 3.03. The van der Waals surface area contributed by atoms with Crippen molar-refractivity contribution in [1.82, 2.24) is 14.9 Å². The van der Waals surface area contributed by atoms with Crippen LogP contribution in [0.15, 0.2) is 21.7 Å². The predicted octanol–water partition coefficient (Wildman–Crippen LogP) is 4.36. The first-order valence-electron chi connectivity index (χ1n) is 6.58. The van der Waals surface area contributed by atoms with E-state index in [1.165, 1.54) is 23.1 Å². The van der Waals surface area contributed by atoms with Crippen LogP contribution in [0, 0.1) is 6.92 Å². The molecule has 2 rings (SSSR count). The summed E-state index contributed by atoms with van der Waals surface area (Å²) in [5.41, 5.74) is 1.07. The number of rotatable bonds is 7. The number of nitrogens with zero attached hydrogens (tertiary/aromatic N) is 4. The van der Waals surface area contributed by atoms with Gasteiger partial charge >= 0.3 is 0 Å². The maximum Gasteiger partial charge on any atom is 0.299 e. The molecule has 2 heterocycles. The van der Waals surface area contributed by atoms with Crippen LogP contribution in [0.25, 0.3) is 0 Å². The molecule has 0 unspecified atom stereocenters. The van der Waals surface area contributed by atoms with Gasteiger partial charge in [-0.05, 0) is 30.4 Å². The zero-order valence-corrected chi connectivity index (χ0v) is 13.4. The van der Waals surface area contributed by atoms with E-state index in [1.54, 1.807) is 6.21 Å². The molecular weight excluding hydrogens is 314 g/mol. The predicted molar refractivity (Wildman–Crippen MR) is 82.7 cm³/mol. The lowest BCUT2D eigenvalue weighted by Crippen LogP contribution is -2.01. The van der Waals surface area contributed by atoms with E-state index in [4.69, 9.17) is 0 Å². The van der Waals surface area contributed by atoms with E-state index in [-0.39, 0.29) is 0 Å². The average molecular weight is 330 g/mol. The highest BCUT2D eigenvalue weighted by atomic mass is 32.2. The van der Waals surface area contributed by atoms with Crippen LogP contribution < -0.4 is 0 Å². The van der Waals surface area contributed by atoms with E-state index in [1.807, 2.05) is 18.4 Å². The Bertz CT molecular complexity index is 607. The number of hydrogen-bond donors (Lipinski definition) is 0. The molecule has 0 aliphatic carbocycles. The Labute approximate surface area is 130 Å². The summed E-state index contributed by atoms with van der Waals surface area (Å²) in [6.07, 6.45) is 0.925. The zero-order valence-electron chi connectivity index (χ0n) is 11.8.